The fraction of sp³-hybridized carbons (Fsp3) is 0.125. The van der Waals surface area contributed by atoms with Crippen LogP contribution in [0.3, 0.4) is 0 Å². The van der Waals surface area contributed by atoms with Crippen LogP contribution in [0.15, 0.2) is 24.3 Å². The van der Waals surface area contributed by atoms with Gasteiger partial charge in [0.1, 0.15) is 0 Å². The highest BCUT2D eigenvalue weighted by atomic mass is 32.1. The molecular formula is C16H10F3N4S+. The van der Waals surface area contributed by atoms with E-state index in [-0.39, 0.29) is 11.2 Å². The van der Waals surface area contributed by atoms with E-state index in [0.29, 0.717) is 10.6 Å². The molecule has 1 aromatic carbocycles. The number of aromatic nitrogens is 4. The summed E-state index contributed by atoms with van der Waals surface area (Å²) in [5, 5.41) is 1.01. The minimum Gasteiger partial charge on any atom is -0.205 e. The first-order valence-corrected chi connectivity index (χ1v) is 7.86. The molecule has 0 unspecified atom stereocenters. The van der Waals surface area contributed by atoms with Gasteiger partial charge in [0.05, 0.1) is 11.9 Å². The van der Waals surface area contributed by atoms with Crippen LogP contribution in [-0.4, -0.2) is 15.0 Å². The lowest BCUT2D eigenvalue weighted by Crippen LogP contribution is -2.37. The number of hydrogen-bond acceptors (Lipinski definition) is 4. The Kier molecular flexibility index (Phi) is 3.24. The van der Waals surface area contributed by atoms with Gasteiger partial charge in [0.15, 0.2) is 11.2 Å². The zero-order valence-corrected chi connectivity index (χ0v) is 13.5. The second-order valence-electron chi connectivity index (χ2n) is 5.32. The van der Waals surface area contributed by atoms with Crippen molar-refractivity contribution in [2.75, 3.05) is 0 Å². The molecule has 0 fully saturated rings. The summed E-state index contributed by atoms with van der Waals surface area (Å²) in [7, 11) is 1.46. The molecule has 0 aliphatic carbocycles. The summed E-state index contributed by atoms with van der Waals surface area (Å²) in [6.45, 7) is 1.89. The molecule has 0 saturated carbocycles. The third kappa shape index (κ3) is 2.06. The molecule has 4 aromatic rings. The molecule has 0 atom stereocenters. The molecular weight excluding hydrogens is 337 g/mol. The van der Waals surface area contributed by atoms with Crippen LogP contribution < -0.4 is 4.57 Å². The molecule has 3 aromatic heterocycles. The summed E-state index contributed by atoms with van der Waals surface area (Å²) in [4.78, 5) is 11.3. The molecule has 0 aliphatic rings. The molecule has 0 aliphatic heterocycles. The molecule has 0 radical (unpaired) electrons. The fourth-order valence-electron chi connectivity index (χ4n) is 2.70. The Morgan fingerprint density at radius 3 is 2.46 bits per heavy atom. The van der Waals surface area contributed by atoms with E-state index in [1.807, 2.05) is 31.2 Å². The Hall–Kier alpha value is -2.61. The van der Waals surface area contributed by atoms with Gasteiger partial charge in [0.2, 0.25) is 0 Å². The van der Waals surface area contributed by atoms with Crippen molar-refractivity contribution in [3.63, 3.8) is 0 Å². The van der Waals surface area contributed by atoms with E-state index in [2.05, 4.69) is 15.0 Å². The Bertz CT molecular complexity index is 1120. The third-order valence-corrected chi connectivity index (χ3v) is 5.17. The first-order chi connectivity index (χ1) is 11.5. The van der Waals surface area contributed by atoms with E-state index in [1.165, 1.54) is 23.0 Å². The summed E-state index contributed by atoms with van der Waals surface area (Å²) < 4.78 is 43.3. The van der Waals surface area contributed by atoms with E-state index in [4.69, 9.17) is 0 Å². The zero-order chi connectivity index (χ0) is 17.0. The highest BCUT2D eigenvalue weighted by molar-refractivity contribution is 7.22. The Labute approximate surface area is 138 Å². The number of halogens is 3. The zero-order valence-electron chi connectivity index (χ0n) is 12.6. The fourth-order valence-corrected chi connectivity index (χ4v) is 3.99. The lowest BCUT2D eigenvalue weighted by Gasteiger charge is -2.04. The summed E-state index contributed by atoms with van der Waals surface area (Å²) in [5.41, 5.74) is 0.982. The second-order valence-corrected chi connectivity index (χ2v) is 6.37. The molecule has 0 amide bonds. The Balaban J connectivity index is 2.17. The molecule has 0 saturated heterocycles. The third-order valence-electron chi connectivity index (χ3n) is 3.89. The van der Waals surface area contributed by atoms with Crippen molar-refractivity contribution in [3.05, 3.63) is 47.8 Å². The first kappa shape index (κ1) is 14.9. The molecule has 4 nitrogen and oxygen atoms in total. The number of thiophene rings is 1. The maximum atomic E-state index is 14.2. The summed E-state index contributed by atoms with van der Waals surface area (Å²) in [6, 6.07) is 7.71. The van der Waals surface area contributed by atoms with Gasteiger partial charge in [-0.05, 0) is 23.9 Å². The van der Waals surface area contributed by atoms with Gasteiger partial charge in [0, 0.05) is 9.68 Å². The van der Waals surface area contributed by atoms with Crippen LogP contribution in [0.2, 0.25) is 0 Å². The normalized spacial score (nSPS) is 11.5. The minimum atomic E-state index is -1.40. The van der Waals surface area contributed by atoms with Crippen LogP contribution in [0, 0.1) is 24.9 Å². The molecule has 4 rings (SSSR count). The molecule has 0 spiro atoms. The van der Waals surface area contributed by atoms with Gasteiger partial charge in [-0.25, -0.2) is 4.98 Å². The number of benzene rings is 1. The van der Waals surface area contributed by atoms with Crippen LogP contribution >= 0.6 is 11.3 Å². The SMILES string of the molecule is Cc1c(-c2c3nc(F)c(F)nc3nc(F)[n+]2C)sc2ccccc12. The second kappa shape index (κ2) is 5.20. The number of fused-ring (bicyclic) bond motifs is 2. The average molecular weight is 347 g/mol. The molecule has 3 heterocycles. The predicted molar refractivity (Wildman–Crippen MR) is 83.9 cm³/mol. The number of rotatable bonds is 1. The highest BCUT2D eigenvalue weighted by Crippen LogP contribution is 2.38. The quantitative estimate of drug-likeness (QED) is 0.391. The van der Waals surface area contributed by atoms with Gasteiger partial charge in [-0.1, -0.05) is 18.2 Å². The van der Waals surface area contributed by atoms with Crippen LogP contribution in [-0.2, 0) is 7.05 Å². The molecule has 24 heavy (non-hydrogen) atoms. The first-order valence-electron chi connectivity index (χ1n) is 7.04. The maximum Gasteiger partial charge on any atom is 0.490 e. The monoisotopic (exact) mass is 347 g/mol. The average Bonchev–Trinajstić information content (AvgIpc) is 2.88. The van der Waals surface area contributed by atoms with Gasteiger partial charge in [-0.3, -0.25) is 0 Å². The molecule has 8 heteroatoms. The van der Waals surface area contributed by atoms with Crippen molar-refractivity contribution in [1.29, 1.82) is 0 Å². The minimum absolute atomic E-state index is 0.0208. The van der Waals surface area contributed by atoms with Crippen molar-refractivity contribution in [3.8, 4) is 10.6 Å². The van der Waals surface area contributed by atoms with Crippen LogP contribution in [0.1, 0.15) is 5.56 Å². The summed E-state index contributed by atoms with van der Waals surface area (Å²) >= 11 is 1.43. The molecule has 0 N–H and O–H groups in total. The molecule has 0 bridgehead atoms. The van der Waals surface area contributed by atoms with E-state index in [0.717, 1.165) is 15.6 Å². The topological polar surface area (TPSA) is 42.6 Å². The van der Waals surface area contributed by atoms with Crippen molar-refractivity contribution in [2.45, 2.75) is 6.92 Å². The lowest BCUT2D eigenvalue weighted by molar-refractivity contribution is -0.692. The largest absolute Gasteiger partial charge is 0.490 e. The number of nitrogens with zero attached hydrogens (tertiary/aromatic N) is 4. The van der Waals surface area contributed by atoms with Crippen molar-refractivity contribution >= 4 is 32.6 Å². The van der Waals surface area contributed by atoms with Crippen LogP contribution in [0.5, 0.6) is 0 Å². The lowest BCUT2D eigenvalue weighted by atomic mass is 10.1. The number of aryl methyl sites for hydroxylation is 1. The summed E-state index contributed by atoms with van der Waals surface area (Å²) in [6.07, 6.45) is -0.852. The standard InChI is InChI=1S/C16H10F3N4S/c1-7-8-5-3-4-6-9(8)24-12(7)11-10-15(22-16(19)23(11)2)21-14(18)13(17)20-10/h3-6H,1-2H3/q+1. The van der Waals surface area contributed by atoms with Gasteiger partial charge in [0.25, 0.3) is 11.9 Å². The smallest absolute Gasteiger partial charge is 0.205 e. The summed E-state index contributed by atoms with van der Waals surface area (Å²) in [5.74, 6) is -2.74. The van der Waals surface area contributed by atoms with Crippen molar-refractivity contribution < 1.29 is 17.7 Å². The predicted octanol–water partition coefficient (Wildman–Crippen LogP) is 3.46. The van der Waals surface area contributed by atoms with E-state index < -0.39 is 18.0 Å². The van der Waals surface area contributed by atoms with Gasteiger partial charge >= 0.3 is 11.7 Å². The van der Waals surface area contributed by atoms with Crippen LogP contribution in [0.25, 0.3) is 31.8 Å². The maximum absolute atomic E-state index is 14.2. The van der Waals surface area contributed by atoms with E-state index >= 15 is 0 Å². The Morgan fingerprint density at radius 2 is 1.71 bits per heavy atom. The van der Waals surface area contributed by atoms with Crippen molar-refractivity contribution in [1.82, 2.24) is 15.0 Å². The van der Waals surface area contributed by atoms with Gasteiger partial charge < -0.3 is 0 Å². The number of hydrogen-bond donors (Lipinski definition) is 0. The van der Waals surface area contributed by atoms with Crippen LogP contribution in [0.4, 0.5) is 13.2 Å². The van der Waals surface area contributed by atoms with Gasteiger partial charge in [-0.2, -0.15) is 18.3 Å². The van der Waals surface area contributed by atoms with E-state index in [9.17, 15) is 13.2 Å². The molecule has 120 valence electrons. The van der Waals surface area contributed by atoms with E-state index in [1.54, 1.807) is 0 Å². The van der Waals surface area contributed by atoms with Gasteiger partial charge in [-0.15, -0.1) is 15.7 Å². The Morgan fingerprint density at radius 1 is 1.00 bits per heavy atom. The van der Waals surface area contributed by atoms with Crippen molar-refractivity contribution in [2.24, 2.45) is 7.05 Å². The highest BCUT2D eigenvalue weighted by Gasteiger charge is 2.28.